The zero-order valence-corrected chi connectivity index (χ0v) is 15.6. The summed E-state index contributed by atoms with van der Waals surface area (Å²) in [4.78, 5) is 14.6. The van der Waals surface area contributed by atoms with Gasteiger partial charge in [-0.15, -0.1) is 10.1 Å². The van der Waals surface area contributed by atoms with Gasteiger partial charge in [-0.05, 0) is 61.5 Å². The Bertz CT molecular complexity index is 740. The predicted octanol–water partition coefficient (Wildman–Crippen LogP) is 4.33. The average molecular weight is 361 g/mol. The number of nitrogens with zero attached hydrogens (tertiary/aromatic N) is 1. The number of phenolic OH excluding ortho intramolecular Hbond substituents is 2. The number of benzene rings is 1. The van der Waals surface area contributed by atoms with Crippen molar-refractivity contribution in [3.8, 4) is 11.5 Å². The number of phenols is 2. The molecule has 0 unspecified atom stereocenters. The van der Waals surface area contributed by atoms with E-state index in [1.807, 2.05) is 0 Å². The SMILES string of the molecule is CC1=C[C@H](c2c(O)cc(O)cc2CCCCO[N+](=O)[O-])[C@H]2C[C@@H]1C2(C)C. The van der Waals surface area contributed by atoms with Gasteiger partial charge in [-0.2, -0.15) is 0 Å². The Morgan fingerprint density at radius 3 is 2.65 bits per heavy atom. The second-order valence-electron chi connectivity index (χ2n) is 8.20. The Morgan fingerprint density at radius 1 is 1.31 bits per heavy atom. The highest BCUT2D eigenvalue weighted by Crippen LogP contribution is 2.64. The van der Waals surface area contributed by atoms with E-state index in [2.05, 4.69) is 31.7 Å². The maximum atomic E-state index is 10.6. The Hall–Kier alpha value is -2.24. The van der Waals surface area contributed by atoms with Crippen molar-refractivity contribution in [2.75, 3.05) is 6.61 Å². The van der Waals surface area contributed by atoms with Crippen molar-refractivity contribution >= 4 is 0 Å². The maximum absolute atomic E-state index is 10.6. The quantitative estimate of drug-likeness (QED) is 0.326. The number of aromatic hydroxyl groups is 2. The van der Waals surface area contributed by atoms with Crippen molar-refractivity contribution in [1.82, 2.24) is 0 Å². The highest BCUT2D eigenvalue weighted by molar-refractivity contribution is 5.51. The van der Waals surface area contributed by atoms with E-state index in [0.29, 0.717) is 31.1 Å². The number of unbranched alkanes of at least 4 members (excludes halogenated alkanes) is 1. The van der Waals surface area contributed by atoms with Gasteiger partial charge in [0.1, 0.15) is 11.5 Å². The molecule has 1 aromatic rings. The summed E-state index contributed by atoms with van der Waals surface area (Å²) in [5, 5.41) is 30.0. The fourth-order valence-electron chi connectivity index (χ4n) is 4.97. The van der Waals surface area contributed by atoms with Crippen molar-refractivity contribution in [3.63, 3.8) is 0 Å². The lowest BCUT2D eigenvalue weighted by Gasteiger charge is -2.59. The van der Waals surface area contributed by atoms with Crippen LogP contribution in [0.25, 0.3) is 0 Å². The van der Waals surface area contributed by atoms with Gasteiger partial charge in [0.15, 0.2) is 0 Å². The molecule has 0 heterocycles. The standard InChI is InChI=1S/C20H27NO5/c1-12-8-15(17-11-16(12)20(17,2)3)19-13(9-14(22)10-18(19)23)6-4-5-7-26-21(24)25/h8-10,15-17,22-23H,4-7,11H2,1-3H3/t15-,16-,17+/m0/s1. The van der Waals surface area contributed by atoms with E-state index in [-0.39, 0.29) is 29.4 Å². The van der Waals surface area contributed by atoms with Crippen LogP contribution in [0.2, 0.25) is 0 Å². The van der Waals surface area contributed by atoms with Gasteiger partial charge >= 0.3 is 0 Å². The first-order valence-corrected chi connectivity index (χ1v) is 9.22. The molecule has 2 N–H and O–H groups in total. The molecular weight excluding hydrogens is 334 g/mol. The van der Waals surface area contributed by atoms with Crippen molar-refractivity contribution < 1.29 is 20.1 Å². The summed E-state index contributed by atoms with van der Waals surface area (Å²) in [6.07, 6.45) is 5.29. The average Bonchev–Trinajstić information content (AvgIpc) is 2.52. The van der Waals surface area contributed by atoms with E-state index in [4.69, 9.17) is 0 Å². The van der Waals surface area contributed by atoms with Gasteiger partial charge < -0.3 is 15.1 Å². The third-order valence-electron chi connectivity index (χ3n) is 6.37. The fourth-order valence-corrected chi connectivity index (χ4v) is 4.97. The molecule has 6 nitrogen and oxygen atoms in total. The highest BCUT2D eigenvalue weighted by atomic mass is 16.9. The molecule has 0 aliphatic heterocycles. The summed E-state index contributed by atoms with van der Waals surface area (Å²) in [5.74, 6) is 1.41. The van der Waals surface area contributed by atoms with Gasteiger partial charge in [0.05, 0.1) is 6.61 Å². The van der Waals surface area contributed by atoms with Crippen LogP contribution in [0.4, 0.5) is 0 Å². The summed E-state index contributed by atoms with van der Waals surface area (Å²) < 4.78 is 0. The van der Waals surface area contributed by atoms with Crippen LogP contribution in [0.1, 0.15) is 57.1 Å². The molecule has 0 amide bonds. The van der Waals surface area contributed by atoms with Crippen LogP contribution >= 0.6 is 0 Å². The summed E-state index contributed by atoms with van der Waals surface area (Å²) in [6.45, 7) is 6.82. The number of hydrogen-bond donors (Lipinski definition) is 2. The van der Waals surface area contributed by atoms with Crippen molar-refractivity contribution in [3.05, 3.63) is 45.0 Å². The zero-order valence-electron chi connectivity index (χ0n) is 15.6. The lowest BCUT2D eigenvalue weighted by atomic mass is 9.45. The van der Waals surface area contributed by atoms with Crippen molar-refractivity contribution in [2.24, 2.45) is 17.3 Å². The van der Waals surface area contributed by atoms with E-state index in [9.17, 15) is 20.3 Å². The van der Waals surface area contributed by atoms with Gasteiger partial charge in [0, 0.05) is 17.5 Å². The van der Waals surface area contributed by atoms with Crippen LogP contribution in [-0.2, 0) is 11.3 Å². The number of aryl methyl sites for hydroxylation is 1. The van der Waals surface area contributed by atoms with E-state index in [0.717, 1.165) is 17.5 Å². The second kappa shape index (κ2) is 6.82. The Morgan fingerprint density at radius 2 is 2.04 bits per heavy atom. The first-order chi connectivity index (χ1) is 12.2. The van der Waals surface area contributed by atoms with Crippen LogP contribution in [0.5, 0.6) is 11.5 Å². The topological polar surface area (TPSA) is 92.8 Å². The van der Waals surface area contributed by atoms with Crippen molar-refractivity contribution in [1.29, 1.82) is 0 Å². The van der Waals surface area contributed by atoms with Gasteiger partial charge in [-0.1, -0.05) is 25.5 Å². The summed E-state index contributed by atoms with van der Waals surface area (Å²) in [7, 11) is 0. The van der Waals surface area contributed by atoms with Crippen LogP contribution in [0.3, 0.4) is 0 Å². The molecule has 2 bridgehead atoms. The summed E-state index contributed by atoms with van der Waals surface area (Å²) in [6, 6.07) is 3.12. The summed E-state index contributed by atoms with van der Waals surface area (Å²) >= 11 is 0. The predicted molar refractivity (Wildman–Crippen MR) is 97.5 cm³/mol. The minimum absolute atomic E-state index is 0.0463. The Labute approximate surface area is 153 Å². The number of rotatable bonds is 7. The van der Waals surface area contributed by atoms with Crippen LogP contribution in [-0.4, -0.2) is 21.9 Å². The molecule has 3 aliphatic rings. The van der Waals surface area contributed by atoms with Gasteiger partial charge in [-0.3, -0.25) is 0 Å². The Balaban J connectivity index is 1.83. The van der Waals surface area contributed by atoms with Crippen LogP contribution in [0, 0.1) is 27.4 Å². The lowest BCUT2D eigenvalue weighted by molar-refractivity contribution is -0.757. The molecule has 3 atom stereocenters. The lowest BCUT2D eigenvalue weighted by Crippen LogP contribution is -2.50. The highest BCUT2D eigenvalue weighted by Gasteiger charge is 2.55. The van der Waals surface area contributed by atoms with Gasteiger partial charge in [0.25, 0.3) is 5.09 Å². The Kier molecular flexibility index (Phi) is 4.86. The number of allylic oxidation sites excluding steroid dienone is 2. The molecule has 0 saturated heterocycles. The molecule has 6 heteroatoms. The zero-order chi connectivity index (χ0) is 19.1. The molecule has 1 saturated carbocycles. The molecule has 0 spiro atoms. The molecule has 142 valence electrons. The molecule has 0 radical (unpaired) electrons. The van der Waals surface area contributed by atoms with Gasteiger partial charge in [-0.25, -0.2) is 0 Å². The third-order valence-corrected chi connectivity index (χ3v) is 6.37. The summed E-state index contributed by atoms with van der Waals surface area (Å²) in [5.41, 5.74) is 3.40. The second-order valence-corrected chi connectivity index (χ2v) is 8.20. The minimum atomic E-state index is -0.781. The van der Waals surface area contributed by atoms with E-state index >= 15 is 0 Å². The largest absolute Gasteiger partial charge is 0.508 e. The molecule has 1 fully saturated rings. The van der Waals surface area contributed by atoms with E-state index in [1.54, 1.807) is 6.07 Å². The normalized spacial score (nSPS) is 26.0. The van der Waals surface area contributed by atoms with E-state index in [1.165, 1.54) is 11.6 Å². The molecule has 0 aromatic heterocycles. The maximum Gasteiger partial charge on any atom is 0.294 e. The minimum Gasteiger partial charge on any atom is -0.508 e. The van der Waals surface area contributed by atoms with Crippen LogP contribution in [0.15, 0.2) is 23.8 Å². The molecule has 1 aromatic carbocycles. The number of hydrogen-bond acceptors (Lipinski definition) is 5. The smallest absolute Gasteiger partial charge is 0.294 e. The fraction of sp³-hybridized carbons (Fsp3) is 0.600. The molecule has 26 heavy (non-hydrogen) atoms. The third kappa shape index (κ3) is 3.24. The van der Waals surface area contributed by atoms with Crippen LogP contribution < -0.4 is 0 Å². The van der Waals surface area contributed by atoms with E-state index < -0.39 is 5.09 Å². The first kappa shape index (κ1) is 18.5. The van der Waals surface area contributed by atoms with Gasteiger partial charge in [0.2, 0.25) is 0 Å². The molecular formula is C20H27NO5. The van der Waals surface area contributed by atoms with Crippen molar-refractivity contribution in [2.45, 2.75) is 52.4 Å². The monoisotopic (exact) mass is 361 g/mol. The number of fused-ring (bicyclic) bond motifs is 1. The molecule has 3 aliphatic carbocycles. The first-order valence-electron chi connectivity index (χ1n) is 9.22. The molecule has 4 rings (SSSR count).